The first-order valence-corrected chi connectivity index (χ1v) is 6.25. The average Bonchev–Trinajstić information content (AvgIpc) is 2.44. The number of benzene rings is 1. The summed E-state index contributed by atoms with van der Waals surface area (Å²) in [5, 5.41) is 0. The third-order valence-electron chi connectivity index (χ3n) is 3.05. The fourth-order valence-corrected chi connectivity index (χ4v) is 2.07. The predicted octanol–water partition coefficient (Wildman–Crippen LogP) is 1.50. The first-order valence-electron chi connectivity index (χ1n) is 6.25. The minimum Gasteiger partial charge on any atom is -0.370 e. The van der Waals surface area contributed by atoms with Gasteiger partial charge < -0.3 is 10.6 Å². The molecule has 1 aliphatic rings. The fourth-order valence-electron chi connectivity index (χ4n) is 2.07. The third kappa shape index (κ3) is 4.33. The molecule has 2 N–H and O–H groups in total. The molecule has 0 spiro atoms. The molecule has 20 heavy (non-hydrogen) atoms. The predicted molar refractivity (Wildman–Crippen MR) is 80.4 cm³/mol. The van der Waals surface area contributed by atoms with Gasteiger partial charge in [0.1, 0.15) is 12.4 Å². The van der Waals surface area contributed by atoms with Crippen molar-refractivity contribution in [3.05, 3.63) is 35.6 Å². The van der Waals surface area contributed by atoms with Crippen molar-refractivity contribution in [2.45, 2.75) is 6.42 Å². The molecule has 1 heterocycles. The Morgan fingerprint density at radius 2 is 1.95 bits per heavy atom. The van der Waals surface area contributed by atoms with Gasteiger partial charge in [-0.3, -0.25) is 0 Å². The molecule has 1 saturated heterocycles. The molecule has 0 aromatic heterocycles. The molecule has 0 saturated carbocycles. The molecule has 0 bridgehead atoms. The van der Waals surface area contributed by atoms with E-state index in [0.717, 1.165) is 25.1 Å². The minimum atomic E-state index is -0.195. The summed E-state index contributed by atoms with van der Waals surface area (Å²) in [6, 6.07) is 6.64. The zero-order chi connectivity index (χ0) is 15.0. The maximum Gasteiger partial charge on any atom is 0.192 e. The Kier molecular flexibility index (Phi) is 6.13. The van der Waals surface area contributed by atoms with Gasteiger partial charge in [-0.25, -0.2) is 9.38 Å². The number of nitrogens with zero attached hydrogens (tertiary/aromatic N) is 2. The van der Waals surface area contributed by atoms with Crippen LogP contribution < -0.4 is 5.73 Å². The molecule has 0 radical (unpaired) electrons. The maximum atomic E-state index is 12.7. The standard InChI is InChI=1S/C14H16FN3.C2H2/c1-2-7-17-14(16)18-9-12(10-18)8-11-3-5-13(15)6-4-11;1-2/h1,3-6,12H,7-10H2,(H2,16,17);1-2H. The van der Waals surface area contributed by atoms with Crippen LogP contribution in [-0.2, 0) is 6.42 Å². The van der Waals surface area contributed by atoms with Gasteiger partial charge in [-0.2, -0.15) is 0 Å². The lowest BCUT2D eigenvalue weighted by Gasteiger charge is -2.40. The van der Waals surface area contributed by atoms with Crippen molar-refractivity contribution < 1.29 is 4.39 Å². The minimum absolute atomic E-state index is 0.195. The quantitative estimate of drug-likeness (QED) is 0.514. The van der Waals surface area contributed by atoms with Crippen LogP contribution >= 0.6 is 0 Å². The molecule has 3 nitrogen and oxygen atoms in total. The molecular formula is C16H18FN3. The number of hydrogen-bond donors (Lipinski definition) is 1. The van der Waals surface area contributed by atoms with Crippen LogP contribution in [-0.4, -0.2) is 30.5 Å². The van der Waals surface area contributed by atoms with Crippen molar-refractivity contribution in [3.8, 4) is 25.2 Å². The summed E-state index contributed by atoms with van der Waals surface area (Å²) in [5.41, 5.74) is 6.92. The highest BCUT2D eigenvalue weighted by Gasteiger charge is 2.27. The lowest BCUT2D eigenvalue weighted by atomic mass is 9.92. The van der Waals surface area contributed by atoms with Crippen molar-refractivity contribution in [3.63, 3.8) is 0 Å². The van der Waals surface area contributed by atoms with Crippen molar-refractivity contribution in [2.75, 3.05) is 19.6 Å². The van der Waals surface area contributed by atoms with Gasteiger partial charge in [0.15, 0.2) is 5.96 Å². The number of guanidine groups is 1. The summed E-state index contributed by atoms with van der Waals surface area (Å²) in [6.07, 6.45) is 14.1. The largest absolute Gasteiger partial charge is 0.370 e. The van der Waals surface area contributed by atoms with Crippen LogP contribution in [0.2, 0.25) is 0 Å². The van der Waals surface area contributed by atoms with Gasteiger partial charge in [0.2, 0.25) is 0 Å². The van der Waals surface area contributed by atoms with E-state index in [4.69, 9.17) is 12.2 Å². The van der Waals surface area contributed by atoms with Crippen LogP contribution in [0, 0.1) is 36.9 Å². The van der Waals surface area contributed by atoms with Crippen LogP contribution in [0.3, 0.4) is 0 Å². The number of halogens is 1. The van der Waals surface area contributed by atoms with Gasteiger partial charge in [0.05, 0.1) is 0 Å². The highest BCUT2D eigenvalue weighted by molar-refractivity contribution is 5.79. The molecule has 0 unspecified atom stereocenters. The third-order valence-corrected chi connectivity index (χ3v) is 3.05. The summed E-state index contributed by atoms with van der Waals surface area (Å²) in [5.74, 6) is 3.30. The number of nitrogens with two attached hydrogens (primary N) is 1. The van der Waals surface area contributed by atoms with E-state index in [1.807, 2.05) is 17.0 Å². The van der Waals surface area contributed by atoms with Gasteiger partial charge in [0, 0.05) is 13.1 Å². The molecular weight excluding hydrogens is 253 g/mol. The smallest absolute Gasteiger partial charge is 0.192 e. The number of hydrogen-bond acceptors (Lipinski definition) is 1. The molecule has 0 aliphatic carbocycles. The van der Waals surface area contributed by atoms with E-state index < -0.39 is 0 Å². The van der Waals surface area contributed by atoms with Crippen LogP contribution in [0.25, 0.3) is 0 Å². The molecule has 1 aromatic rings. The lowest BCUT2D eigenvalue weighted by molar-refractivity contribution is 0.185. The Hall–Kier alpha value is -2.46. The van der Waals surface area contributed by atoms with Crippen LogP contribution in [0.5, 0.6) is 0 Å². The molecule has 2 rings (SSSR count). The molecule has 0 amide bonds. The topological polar surface area (TPSA) is 41.6 Å². The summed E-state index contributed by atoms with van der Waals surface area (Å²) < 4.78 is 12.7. The van der Waals surface area contributed by atoms with Crippen molar-refractivity contribution in [2.24, 2.45) is 16.6 Å². The van der Waals surface area contributed by atoms with E-state index in [0.29, 0.717) is 18.4 Å². The Morgan fingerprint density at radius 3 is 2.50 bits per heavy atom. The second-order valence-corrected chi connectivity index (χ2v) is 4.48. The van der Waals surface area contributed by atoms with E-state index in [2.05, 4.69) is 23.8 Å². The summed E-state index contributed by atoms with van der Waals surface area (Å²) in [6.45, 7) is 2.10. The molecule has 1 fully saturated rings. The maximum absolute atomic E-state index is 12.7. The van der Waals surface area contributed by atoms with Crippen molar-refractivity contribution >= 4 is 5.96 Å². The van der Waals surface area contributed by atoms with Crippen LogP contribution in [0.15, 0.2) is 29.3 Å². The van der Waals surface area contributed by atoms with Crippen LogP contribution in [0.4, 0.5) is 4.39 Å². The Morgan fingerprint density at radius 1 is 1.35 bits per heavy atom. The highest BCUT2D eigenvalue weighted by atomic mass is 19.1. The van der Waals surface area contributed by atoms with Gasteiger partial charge in [-0.1, -0.05) is 18.1 Å². The molecule has 1 aliphatic heterocycles. The lowest BCUT2D eigenvalue weighted by Crippen LogP contribution is -2.53. The Bertz CT molecular complexity index is 505. The SMILES string of the molecule is C#C.C#CCN=C(N)N1CC(Cc2ccc(F)cc2)C1. The van der Waals surface area contributed by atoms with Gasteiger partial charge in [-0.05, 0) is 30.0 Å². The fraction of sp³-hybridized carbons (Fsp3) is 0.312. The summed E-state index contributed by atoms with van der Waals surface area (Å²) in [7, 11) is 0. The van der Waals surface area contributed by atoms with E-state index in [1.165, 1.54) is 12.1 Å². The van der Waals surface area contributed by atoms with Gasteiger partial charge >= 0.3 is 0 Å². The summed E-state index contributed by atoms with van der Waals surface area (Å²) >= 11 is 0. The molecule has 1 aromatic carbocycles. The Labute approximate surface area is 119 Å². The number of aliphatic imine (C=N–C) groups is 1. The normalized spacial score (nSPS) is 14.7. The second-order valence-electron chi connectivity index (χ2n) is 4.48. The van der Waals surface area contributed by atoms with Crippen molar-refractivity contribution in [1.82, 2.24) is 4.90 Å². The highest BCUT2D eigenvalue weighted by Crippen LogP contribution is 2.20. The zero-order valence-electron chi connectivity index (χ0n) is 11.3. The number of rotatable bonds is 3. The van der Waals surface area contributed by atoms with Gasteiger partial charge in [-0.15, -0.1) is 19.3 Å². The molecule has 4 heteroatoms. The van der Waals surface area contributed by atoms with E-state index in [-0.39, 0.29) is 5.82 Å². The molecule has 104 valence electrons. The number of terminal acetylenes is 2. The number of likely N-dealkylation sites (tertiary alicyclic amines) is 1. The van der Waals surface area contributed by atoms with E-state index in [9.17, 15) is 4.39 Å². The van der Waals surface area contributed by atoms with Crippen molar-refractivity contribution in [1.29, 1.82) is 0 Å². The average molecular weight is 271 g/mol. The first kappa shape index (κ1) is 15.6. The monoisotopic (exact) mass is 271 g/mol. The second kappa shape index (κ2) is 7.86. The zero-order valence-corrected chi connectivity index (χ0v) is 11.3. The van der Waals surface area contributed by atoms with Crippen LogP contribution in [0.1, 0.15) is 5.56 Å². The Balaban J connectivity index is 0.000000956. The first-order chi connectivity index (χ1) is 9.69. The van der Waals surface area contributed by atoms with Gasteiger partial charge in [0.25, 0.3) is 0 Å². The van der Waals surface area contributed by atoms with E-state index >= 15 is 0 Å². The summed E-state index contributed by atoms with van der Waals surface area (Å²) in [4.78, 5) is 6.06. The molecule has 0 atom stereocenters. The van der Waals surface area contributed by atoms with E-state index in [1.54, 1.807) is 0 Å².